The number of carbonyl (C=O) groups excluding carboxylic acids is 3. The first kappa shape index (κ1) is 23.2. The van der Waals surface area contributed by atoms with Gasteiger partial charge in [-0.2, -0.15) is 0 Å². The van der Waals surface area contributed by atoms with Crippen LogP contribution in [-0.2, 0) is 9.59 Å². The number of anilines is 1. The quantitative estimate of drug-likeness (QED) is 0.491. The molecule has 4 aliphatic heterocycles. The average molecular weight is 476 g/mol. The molecular formula is C26H31N6O3+. The molecule has 1 fully saturated rings. The zero-order valence-electron chi connectivity index (χ0n) is 20.3. The standard InChI is InChI=1S/C26H31N6O3/c1-4-5-6-10-16-29-19-14-11-15-20-21(19)22(18-12-8-7-9-13-18)28-23-25(34)32(20,3)31(24(33)17(2)27)30(23)26(29)35/h7-9,11-15,17,23H,4-6,10,16,27H2,1-3H3/q+1/t17-,23?,32+/m0/s1. The number of unbranched alkanes of at least 4 members (excludes halogenated alkanes) is 3. The van der Waals surface area contributed by atoms with Crippen LogP contribution in [0, 0.1) is 0 Å². The molecule has 2 aromatic carbocycles. The second-order valence-corrected chi connectivity index (χ2v) is 9.44. The van der Waals surface area contributed by atoms with Gasteiger partial charge in [-0.05, 0) is 19.4 Å². The van der Waals surface area contributed by atoms with Crippen LogP contribution in [0.1, 0.15) is 50.7 Å². The second kappa shape index (κ2) is 8.58. The highest BCUT2D eigenvalue weighted by molar-refractivity contribution is 6.25. The molecule has 182 valence electrons. The van der Waals surface area contributed by atoms with Crippen LogP contribution < -0.4 is 15.2 Å². The van der Waals surface area contributed by atoms with Crippen LogP contribution in [0.2, 0.25) is 0 Å². The summed E-state index contributed by atoms with van der Waals surface area (Å²) in [6.07, 6.45) is 2.76. The number of aliphatic imine (C=N–C) groups is 1. The van der Waals surface area contributed by atoms with E-state index in [0.29, 0.717) is 29.2 Å². The van der Waals surface area contributed by atoms with Crippen molar-refractivity contribution in [2.45, 2.75) is 51.7 Å². The molecule has 6 rings (SSSR count). The van der Waals surface area contributed by atoms with E-state index in [9.17, 15) is 14.4 Å². The fourth-order valence-corrected chi connectivity index (χ4v) is 5.22. The van der Waals surface area contributed by atoms with E-state index in [4.69, 9.17) is 10.7 Å². The van der Waals surface area contributed by atoms with Gasteiger partial charge >= 0.3 is 17.8 Å². The zero-order chi connectivity index (χ0) is 24.9. The summed E-state index contributed by atoms with van der Waals surface area (Å²) in [5.41, 5.74) is 9.48. The van der Waals surface area contributed by atoms with Gasteiger partial charge in [-0.3, -0.25) is 9.69 Å². The first-order valence-corrected chi connectivity index (χ1v) is 12.2. The third kappa shape index (κ3) is 3.30. The highest BCUT2D eigenvalue weighted by Gasteiger charge is 2.67. The number of nitrogens with zero attached hydrogens (tertiary/aromatic N) is 5. The van der Waals surface area contributed by atoms with Crippen LogP contribution >= 0.6 is 0 Å². The molecule has 9 heteroatoms. The van der Waals surface area contributed by atoms with Crippen molar-refractivity contribution in [1.82, 2.24) is 14.7 Å². The van der Waals surface area contributed by atoms with Gasteiger partial charge in [0, 0.05) is 18.2 Å². The lowest BCUT2D eigenvalue weighted by Crippen LogP contribution is -2.68. The molecule has 1 saturated heterocycles. The number of hydrogen-bond donors (Lipinski definition) is 1. The molecule has 4 aliphatic rings. The van der Waals surface area contributed by atoms with Crippen molar-refractivity contribution in [2.75, 3.05) is 18.5 Å². The number of hydrazine groups is 1. The van der Waals surface area contributed by atoms with Gasteiger partial charge < -0.3 is 5.73 Å². The van der Waals surface area contributed by atoms with Crippen molar-refractivity contribution >= 4 is 34.9 Å². The maximum atomic E-state index is 14.1. The first-order valence-electron chi connectivity index (χ1n) is 12.2. The maximum Gasteiger partial charge on any atom is 0.391 e. The van der Waals surface area contributed by atoms with Crippen molar-refractivity contribution in [3.05, 3.63) is 59.7 Å². The normalized spacial score (nSPS) is 23.4. The average Bonchev–Trinajstić information content (AvgIpc) is 3.02. The van der Waals surface area contributed by atoms with Gasteiger partial charge in [-0.1, -0.05) is 67.7 Å². The summed E-state index contributed by atoms with van der Waals surface area (Å²) in [5, 5.41) is 2.44. The number of benzene rings is 2. The van der Waals surface area contributed by atoms with E-state index < -0.39 is 28.7 Å². The number of hydrogen-bond acceptors (Lipinski definition) is 5. The lowest BCUT2D eigenvalue weighted by atomic mass is 9.96. The van der Waals surface area contributed by atoms with E-state index in [1.807, 2.05) is 48.5 Å². The Morgan fingerprint density at radius 3 is 2.51 bits per heavy atom. The second-order valence-electron chi connectivity index (χ2n) is 9.44. The summed E-state index contributed by atoms with van der Waals surface area (Å²) in [6.45, 7) is 4.17. The number of quaternary nitrogens is 1. The van der Waals surface area contributed by atoms with Crippen molar-refractivity contribution in [1.29, 1.82) is 0 Å². The van der Waals surface area contributed by atoms with E-state index in [1.54, 1.807) is 18.9 Å². The summed E-state index contributed by atoms with van der Waals surface area (Å²) in [6, 6.07) is 13.9. The zero-order valence-corrected chi connectivity index (χ0v) is 20.3. The largest absolute Gasteiger partial charge is 0.391 e. The van der Waals surface area contributed by atoms with E-state index in [0.717, 1.165) is 31.2 Å². The van der Waals surface area contributed by atoms with Gasteiger partial charge in [0.15, 0.2) is 5.69 Å². The molecule has 0 saturated carbocycles. The molecule has 0 aromatic heterocycles. The monoisotopic (exact) mass is 475 g/mol. The maximum absolute atomic E-state index is 14.1. The molecule has 2 aromatic rings. The Balaban J connectivity index is 1.79. The fraction of sp³-hybridized carbons (Fsp3) is 0.385. The topological polar surface area (TPSA) is 99.3 Å². The van der Waals surface area contributed by atoms with E-state index in [2.05, 4.69) is 6.92 Å². The minimum absolute atomic E-state index is 0.371. The van der Waals surface area contributed by atoms with Crippen LogP contribution in [0.4, 0.5) is 16.2 Å². The minimum atomic E-state index is -1.18. The molecule has 1 unspecified atom stereocenters. The Kier molecular flexibility index (Phi) is 5.69. The molecule has 35 heavy (non-hydrogen) atoms. The Labute approximate surface area is 204 Å². The Bertz CT molecular complexity index is 1230. The molecule has 2 N–H and O–H groups in total. The highest BCUT2D eigenvalue weighted by atomic mass is 16.3. The molecule has 6 bridgehead atoms. The van der Waals surface area contributed by atoms with Crippen LogP contribution in [-0.4, -0.2) is 59.5 Å². The van der Waals surface area contributed by atoms with Gasteiger partial charge in [-0.25, -0.2) is 14.6 Å². The Morgan fingerprint density at radius 2 is 1.83 bits per heavy atom. The number of likely N-dealkylation sites (N-methyl/N-ethyl adjacent to an activating group) is 1. The molecule has 0 radical (unpaired) electrons. The van der Waals surface area contributed by atoms with E-state index in [1.165, 1.54) is 10.1 Å². The van der Waals surface area contributed by atoms with Gasteiger partial charge in [0.25, 0.3) is 6.17 Å². The van der Waals surface area contributed by atoms with Crippen LogP contribution in [0.5, 0.6) is 0 Å². The SMILES string of the molecule is CCCCCCN1C(=O)N2C3N=C(c4ccccc4)c4c1cccc4[N@+](C)(C3=O)N2C(=O)[C@H](C)N. The molecule has 4 heterocycles. The summed E-state index contributed by atoms with van der Waals surface area (Å²) in [4.78, 5) is 48.0. The highest BCUT2D eigenvalue weighted by Crippen LogP contribution is 2.47. The molecule has 9 nitrogen and oxygen atoms in total. The van der Waals surface area contributed by atoms with Crippen LogP contribution in [0.3, 0.4) is 0 Å². The van der Waals surface area contributed by atoms with Gasteiger partial charge in [0.05, 0.1) is 23.0 Å². The lowest BCUT2D eigenvalue weighted by molar-refractivity contribution is -0.166. The number of nitrogens with two attached hydrogens (primary N) is 1. The van der Waals surface area contributed by atoms with E-state index >= 15 is 0 Å². The fourth-order valence-electron chi connectivity index (χ4n) is 5.22. The summed E-state index contributed by atoms with van der Waals surface area (Å²) < 4.78 is -0.510. The number of urea groups is 1. The smallest absolute Gasteiger partial charge is 0.320 e. The molecule has 4 amide bonds. The molecule has 0 aliphatic carbocycles. The minimum Gasteiger partial charge on any atom is -0.320 e. The third-order valence-electron chi connectivity index (χ3n) is 7.03. The summed E-state index contributed by atoms with van der Waals surface area (Å²) >= 11 is 0. The van der Waals surface area contributed by atoms with Crippen LogP contribution in [0.15, 0.2) is 53.5 Å². The van der Waals surface area contributed by atoms with Crippen molar-refractivity contribution in [3.63, 3.8) is 0 Å². The number of fused-ring (bicyclic) bond motifs is 1. The Hall–Kier alpha value is -3.56. The van der Waals surface area contributed by atoms with Crippen molar-refractivity contribution in [2.24, 2.45) is 10.7 Å². The van der Waals surface area contributed by atoms with Gasteiger partial charge in [0.1, 0.15) is 7.05 Å². The third-order valence-corrected chi connectivity index (χ3v) is 7.03. The van der Waals surface area contributed by atoms with Crippen molar-refractivity contribution < 1.29 is 14.4 Å². The summed E-state index contributed by atoms with van der Waals surface area (Å²) in [7, 11) is 1.64. The van der Waals surface area contributed by atoms with E-state index in [-0.39, 0.29) is 5.91 Å². The predicted octanol–water partition coefficient (Wildman–Crippen LogP) is 3.17. The Morgan fingerprint density at radius 1 is 1.09 bits per heavy atom. The van der Waals surface area contributed by atoms with Crippen molar-refractivity contribution in [3.8, 4) is 0 Å². The van der Waals surface area contributed by atoms with Crippen LogP contribution in [0.25, 0.3) is 0 Å². The van der Waals surface area contributed by atoms with Gasteiger partial charge in [-0.15, -0.1) is 9.60 Å². The first-order chi connectivity index (χ1) is 16.8. The van der Waals surface area contributed by atoms with Gasteiger partial charge in [0.2, 0.25) is 0 Å². The number of rotatable bonds is 7. The number of amides is 4. The molecule has 3 atom stereocenters. The lowest BCUT2D eigenvalue weighted by Gasteiger charge is -2.42. The molecule has 0 spiro atoms. The summed E-state index contributed by atoms with van der Waals surface area (Å²) in [5.74, 6) is -0.885. The number of carbonyl (C=O) groups is 3. The molecular weight excluding hydrogens is 444 g/mol. The predicted molar refractivity (Wildman–Crippen MR) is 134 cm³/mol.